The molecule has 0 bridgehead atoms. The number of carbonyl (C=O) groups is 1. The molecule has 0 saturated heterocycles. The number of benzene rings is 2. The number of aliphatic hydroxyl groups is 1. The summed E-state index contributed by atoms with van der Waals surface area (Å²) in [4.78, 5) is 12.7. The minimum Gasteiger partial charge on any atom is -0.467 e. The Morgan fingerprint density at radius 3 is 2.75 bits per heavy atom. The first-order valence-corrected chi connectivity index (χ1v) is 8.71. The smallest absolute Gasteiger partial charge is 0.330 e. The topological polar surface area (TPSA) is 58.6 Å². The molecular weight excluding hydrogens is 370 g/mol. The van der Waals surface area contributed by atoms with E-state index in [1.807, 2.05) is 48.5 Å². The minimum atomic E-state index is -0.936. The average Bonchev–Trinajstić information content (AvgIpc) is 2.98. The highest BCUT2D eigenvalue weighted by atomic mass is 79.9. The minimum absolute atomic E-state index is 0.103. The van der Waals surface area contributed by atoms with Gasteiger partial charge in [0.1, 0.15) is 5.54 Å². The van der Waals surface area contributed by atoms with Crippen LogP contribution in [-0.4, -0.2) is 24.8 Å². The van der Waals surface area contributed by atoms with Gasteiger partial charge >= 0.3 is 5.97 Å². The highest BCUT2D eigenvalue weighted by Gasteiger charge is 2.47. The van der Waals surface area contributed by atoms with Crippen LogP contribution in [0.3, 0.4) is 0 Å². The van der Waals surface area contributed by atoms with Gasteiger partial charge in [-0.1, -0.05) is 52.3 Å². The van der Waals surface area contributed by atoms with E-state index in [-0.39, 0.29) is 18.6 Å². The molecule has 0 spiro atoms. The van der Waals surface area contributed by atoms with Crippen LogP contribution in [-0.2, 0) is 21.5 Å². The molecule has 2 aromatic carbocycles. The molecule has 0 saturated carbocycles. The van der Waals surface area contributed by atoms with E-state index in [1.165, 1.54) is 7.11 Å². The monoisotopic (exact) mass is 389 g/mol. The Morgan fingerprint density at radius 2 is 2.08 bits per heavy atom. The fraction of sp³-hybridized carbons (Fsp3) is 0.316. The Morgan fingerprint density at radius 1 is 1.33 bits per heavy atom. The van der Waals surface area contributed by atoms with Gasteiger partial charge in [-0.3, -0.25) is 5.32 Å². The van der Waals surface area contributed by atoms with Crippen molar-refractivity contribution in [3.63, 3.8) is 0 Å². The van der Waals surface area contributed by atoms with Gasteiger partial charge in [-0.15, -0.1) is 0 Å². The van der Waals surface area contributed by atoms with E-state index in [9.17, 15) is 9.90 Å². The summed E-state index contributed by atoms with van der Waals surface area (Å²) >= 11 is 3.48. The third kappa shape index (κ3) is 2.99. The number of fused-ring (bicyclic) bond motifs is 1. The zero-order valence-corrected chi connectivity index (χ0v) is 15.0. The summed E-state index contributed by atoms with van der Waals surface area (Å²) in [5.74, 6) is -0.321. The molecule has 2 aromatic rings. The number of aryl methyl sites for hydroxylation is 1. The summed E-state index contributed by atoms with van der Waals surface area (Å²) in [6, 6.07) is 15.2. The van der Waals surface area contributed by atoms with Crippen molar-refractivity contribution in [2.24, 2.45) is 0 Å². The van der Waals surface area contributed by atoms with Crippen molar-refractivity contribution in [3.05, 3.63) is 69.7 Å². The quantitative estimate of drug-likeness (QED) is 0.771. The van der Waals surface area contributed by atoms with Crippen molar-refractivity contribution >= 4 is 21.9 Å². The largest absolute Gasteiger partial charge is 0.467 e. The maximum atomic E-state index is 12.7. The first-order chi connectivity index (χ1) is 11.6. The molecule has 1 aliphatic carbocycles. The van der Waals surface area contributed by atoms with Crippen LogP contribution in [0.15, 0.2) is 53.0 Å². The van der Waals surface area contributed by atoms with Crippen LogP contribution in [0.1, 0.15) is 29.2 Å². The van der Waals surface area contributed by atoms with Crippen molar-refractivity contribution < 1.29 is 14.6 Å². The van der Waals surface area contributed by atoms with Gasteiger partial charge in [0.2, 0.25) is 0 Å². The molecule has 5 heteroatoms. The van der Waals surface area contributed by atoms with Gasteiger partial charge in [0, 0.05) is 4.47 Å². The molecule has 1 aliphatic rings. The molecule has 0 heterocycles. The second-order valence-corrected chi connectivity index (χ2v) is 6.90. The fourth-order valence-electron chi connectivity index (χ4n) is 3.45. The zero-order chi connectivity index (χ0) is 17.2. The van der Waals surface area contributed by atoms with E-state index in [4.69, 9.17) is 4.74 Å². The predicted octanol–water partition coefficient (Wildman–Crippen LogP) is 3.09. The van der Waals surface area contributed by atoms with Gasteiger partial charge in [0.25, 0.3) is 0 Å². The predicted molar refractivity (Wildman–Crippen MR) is 95.6 cm³/mol. The van der Waals surface area contributed by atoms with Gasteiger partial charge < -0.3 is 9.84 Å². The highest BCUT2D eigenvalue weighted by Crippen LogP contribution is 2.40. The summed E-state index contributed by atoms with van der Waals surface area (Å²) < 4.78 is 6.10. The number of ether oxygens (including phenoxy) is 1. The van der Waals surface area contributed by atoms with Crippen molar-refractivity contribution in [2.75, 3.05) is 13.7 Å². The van der Waals surface area contributed by atoms with E-state index in [0.717, 1.165) is 27.6 Å². The lowest BCUT2D eigenvalue weighted by molar-refractivity contribution is -0.149. The standard InChI is InChI=1S/C19H20BrNO3/c1-24-18(23)19(10-9-14-11-15(20)7-8-16(14)19)21-17(12-22)13-5-3-2-4-6-13/h2-8,11,17,21-22H,9-10,12H2,1H3/t17-,19+/m0/s1. The SMILES string of the molecule is COC(=O)[C@@]1(N[C@@H](CO)c2ccccc2)CCc2cc(Br)ccc21. The van der Waals surface area contributed by atoms with Gasteiger partial charge in [0.05, 0.1) is 19.8 Å². The molecule has 24 heavy (non-hydrogen) atoms. The highest BCUT2D eigenvalue weighted by molar-refractivity contribution is 9.10. The van der Waals surface area contributed by atoms with Crippen LogP contribution in [0.25, 0.3) is 0 Å². The first-order valence-electron chi connectivity index (χ1n) is 7.91. The molecule has 2 N–H and O–H groups in total. The summed E-state index contributed by atoms with van der Waals surface area (Å²) in [7, 11) is 1.40. The lowest BCUT2D eigenvalue weighted by atomic mass is 9.89. The van der Waals surface area contributed by atoms with Crippen molar-refractivity contribution in [1.82, 2.24) is 5.32 Å². The van der Waals surface area contributed by atoms with Crippen LogP contribution in [0, 0.1) is 0 Å². The van der Waals surface area contributed by atoms with Crippen molar-refractivity contribution in [3.8, 4) is 0 Å². The normalized spacial score (nSPS) is 20.5. The number of methoxy groups -OCH3 is 1. The number of hydrogen-bond acceptors (Lipinski definition) is 4. The summed E-state index contributed by atoms with van der Waals surface area (Å²) in [6.07, 6.45) is 1.39. The number of aliphatic hydroxyl groups excluding tert-OH is 1. The Hall–Kier alpha value is -1.69. The number of hydrogen-bond donors (Lipinski definition) is 2. The maximum Gasteiger partial charge on any atom is 0.330 e. The summed E-state index contributed by atoms with van der Waals surface area (Å²) in [5.41, 5.74) is 2.04. The molecule has 0 fully saturated rings. The zero-order valence-electron chi connectivity index (χ0n) is 13.5. The van der Waals surface area contributed by atoms with Crippen LogP contribution in [0.5, 0.6) is 0 Å². The van der Waals surface area contributed by atoms with Gasteiger partial charge in [-0.25, -0.2) is 4.79 Å². The number of carbonyl (C=O) groups excluding carboxylic acids is 1. The lowest BCUT2D eigenvalue weighted by Crippen LogP contribution is -2.50. The molecule has 4 nitrogen and oxygen atoms in total. The van der Waals surface area contributed by atoms with Crippen LogP contribution < -0.4 is 5.32 Å². The average molecular weight is 390 g/mol. The maximum absolute atomic E-state index is 12.7. The van der Waals surface area contributed by atoms with E-state index in [0.29, 0.717) is 6.42 Å². The molecule has 126 valence electrons. The Kier molecular flexibility index (Phi) is 5.04. The molecule has 3 rings (SSSR count). The van der Waals surface area contributed by atoms with Crippen LogP contribution >= 0.6 is 15.9 Å². The Labute approximate surface area is 150 Å². The van der Waals surface area contributed by atoms with E-state index in [1.54, 1.807) is 0 Å². The van der Waals surface area contributed by atoms with E-state index in [2.05, 4.69) is 21.2 Å². The second kappa shape index (κ2) is 7.05. The van der Waals surface area contributed by atoms with Crippen molar-refractivity contribution in [1.29, 1.82) is 0 Å². The van der Waals surface area contributed by atoms with Crippen LogP contribution in [0.4, 0.5) is 0 Å². The molecule has 0 amide bonds. The first kappa shape index (κ1) is 17.1. The lowest BCUT2D eigenvalue weighted by Gasteiger charge is -2.33. The Balaban J connectivity index is 2.02. The number of rotatable bonds is 5. The fourth-order valence-corrected chi connectivity index (χ4v) is 3.86. The molecule has 0 aromatic heterocycles. The van der Waals surface area contributed by atoms with Gasteiger partial charge in [0.15, 0.2) is 0 Å². The number of halogens is 1. The van der Waals surface area contributed by atoms with E-state index < -0.39 is 5.54 Å². The van der Waals surface area contributed by atoms with Gasteiger partial charge in [-0.05, 0) is 41.7 Å². The molecule has 2 atom stereocenters. The second-order valence-electron chi connectivity index (χ2n) is 5.99. The van der Waals surface area contributed by atoms with Crippen molar-refractivity contribution in [2.45, 2.75) is 24.4 Å². The molecular formula is C19H20BrNO3. The van der Waals surface area contributed by atoms with Crippen LogP contribution in [0.2, 0.25) is 0 Å². The van der Waals surface area contributed by atoms with Gasteiger partial charge in [-0.2, -0.15) is 0 Å². The molecule has 0 aliphatic heterocycles. The number of nitrogens with one attached hydrogen (secondary N) is 1. The van der Waals surface area contributed by atoms with E-state index >= 15 is 0 Å². The molecule has 0 radical (unpaired) electrons. The number of esters is 1. The third-order valence-electron chi connectivity index (χ3n) is 4.64. The summed E-state index contributed by atoms with van der Waals surface area (Å²) in [6.45, 7) is -0.103. The summed E-state index contributed by atoms with van der Waals surface area (Å²) in [5, 5.41) is 13.3. The Bertz CT molecular complexity index is 735. The third-order valence-corrected chi connectivity index (χ3v) is 5.13. The molecule has 0 unspecified atom stereocenters.